The average molecular weight is 224 g/mol. The van der Waals surface area contributed by atoms with Gasteiger partial charge in [0.05, 0.1) is 0 Å². The van der Waals surface area contributed by atoms with Crippen molar-refractivity contribution in [2.24, 2.45) is 11.7 Å². The van der Waals surface area contributed by atoms with Crippen LogP contribution in [0.1, 0.15) is 39.0 Å². The summed E-state index contributed by atoms with van der Waals surface area (Å²) in [6.07, 6.45) is 6.82. The highest BCUT2D eigenvalue weighted by atomic mass is 16.2. The molecule has 0 radical (unpaired) electrons. The van der Waals surface area contributed by atoms with Gasteiger partial charge >= 0.3 is 0 Å². The van der Waals surface area contributed by atoms with E-state index in [4.69, 9.17) is 5.73 Å². The molecular formula is C13H24N2O. The number of rotatable bonds is 5. The zero-order valence-electron chi connectivity index (χ0n) is 10.3. The van der Waals surface area contributed by atoms with E-state index in [2.05, 4.69) is 13.5 Å². The normalized spacial score (nSPS) is 25.1. The van der Waals surface area contributed by atoms with Crippen LogP contribution in [0.4, 0.5) is 0 Å². The van der Waals surface area contributed by atoms with E-state index >= 15 is 0 Å². The monoisotopic (exact) mass is 224 g/mol. The van der Waals surface area contributed by atoms with Gasteiger partial charge in [0.15, 0.2) is 0 Å². The minimum Gasteiger partial charge on any atom is -0.339 e. The standard InChI is InChI=1S/C13H24N2O/c1-3-8-15(9-4-2)13(16)11-6-5-7-12(14)10-11/h3,11-12H,1,4-10,14H2,2H3. The van der Waals surface area contributed by atoms with Crippen molar-refractivity contribution < 1.29 is 4.79 Å². The van der Waals surface area contributed by atoms with Crippen molar-refractivity contribution in [1.82, 2.24) is 4.90 Å². The first-order valence-corrected chi connectivity index (χ1v) is 6.34. The number of amides is 1. The lowest BCUT2D eigenvalue weighted by molar-refractivity contribution is -0.136. The van der Waals surface area contributed by atoms with Crippen molar-refractivity contribution in [3.8, 4) is 0 Å². The predicted molar refractivity (Wildman–Crippen MR) is 67.0 cm³/mol. The summed E-state index contributed by atoms with van der Waals surface area (Å²) in [6.45, 7) is 7.29. The van der Waals surface area contributed by atoms with Crippen LogP contribution in [0.15, 0.2) is 12.7 Å². The minimum atomic E-state index is 0.148. The summed E-state index contributed by atoms with van der Waals surface area (Å²) in [7, 11) is 0. The fourth-order valence-electron chi connectivity index (χ4n) is 2.43. The highest BCUT2D eigenvalue weighted by Gasteiger charge is 2.28. The largest absolute Gasteiger partial charge is 0.339 e. The zero-order chi connectivity index (χ0) is 12.0. The highest BCUT2D eigenvalue weighted by Crippen LogP contribution is 2.25. The summed E-state index contributed by atoms with van der Waals surface area (Å²) in [4.78, 5) is 14.2. The molecule has 1 rings (SSSR count). The van der Waals surface area contributed by atoms with Gasteiger partial charge in [-0.3, -0.25) is 4.79 Å². The molecule has 2 unspecified atom stereocenters. The fraction of sp³-hybridized carbons (Fsp3) is 0.769. The highest BCUT2D eigenvalue weighted by molar-refractivity contribution is 5.79. The Kier molecular flexibility index (Phi) is 5.53. The van der Waals surface area contributed by atoms with E-state index in [1.807, 2.05) is 4.90 Å². The molecule has 1 saturated carbocycles. The van der Waals surface area contributed by atoms with Crippen LogP contribution in [-0.2, 0) is 4.79 Å². The van der Waals surface area contributed by atoms with Crippen LogP contribution < -0.4 is 5.73 Å². The third-order valence-electron chi connectivity index (χ3n) is 3.22. The van der Waals surface area contributed by atoms with E-state index in [1.165, 1.54) is 0 Å². The molecule has 2 N–H and O–H groups in total. The lowest BCUT2D eigenvalue weighted by Gasteiger charge is -2.30. The molecule has 0 bridgehead atoms. The number of hydrogen-bond donors (Lipinski definition) is 1. The van der Waals surface area contributed by atoms with E-state index in [1.54, 1.807) is 6.08 Å². The molecule has 0 aliphatic heterocycles. The van der Waals surface area contributed by atoms with Crippen LogP contribution in [-0.4, -0.2) is 29.9 Å². The number of nitrogens with two attached hydrogens (primary N) is 1. The molecule has 3 heteroatoms. The van der Waals surface area contributed by atoms with Crippen molar-refractivity contribution >= 4 is 5.91 Å². The van der Waals surface area contributed by atoms with Crippen molar-refractivity contribution in [2.75, 3.05) is 13.1 Å². The molecule has 0 aromatic rings. The lowest BCUT2D eigenvalue weighted by atomic mass is 9.85. The van der Waals surface area contributed by atoms with E-state index < -0.39 is 0 Å². The maximum absolute atomic E-state index is 12.2. The van der Waals surface area contributed by atoms with E-state index in [0.29, 0.717) is 6.54 Å². The SMILES string of the molecule is C=CCN(CCC)C(=O)C1CCCC(N)C1. The van der Waals surface area contributed by atoms with Gasteiger partial charge in [0, 0.05) is 25.0 Å². The van der Waals surface area contributed by atoms with Gasteiger partial charge in [-0.15, -0.1) is 6.58 Å². The first kappa shape index (κ1) is 13.2. The molecule has 92 valence electrons. The van der Waals surface area contributed by atoms with Gasteiger partial charge in [-0.1, -0.05) is 19.4 Å². The van der Waals surface area contributed by atoms with Gasteiger partial charge in [0.2, 0.25) is 5.91 Å². The maximum Gasteiger partial charge on any atom is 0.226 e. The molecule has 0 heterocycles. The summed E-state index contributed by atoms with van der Waals surface area (Å²) < 4.78 is 0. The molecule has 1 fully saturated rings. The predicted octanol–water partition coefficient (Wildman–Crippen LogP) is 1.93. The van der Waals surface area contributed by atoms with Gasteiger partial charge in [0.1, 0.15) is 0 Å². The Balaban J connectivity index is 2.54. The first-order chi connectivity index (χ1) is 7.69. The molecule has 0 spiro atoms. The molecule has 1 amide bonds. The van der Waals surface area contributed by atoms with E-state index in [-0.39, 0.29) is 17.9 Å². The Labute approximate surface area is 98.7 Å². The smallest absolute Gasteiger partial charge is 0.226 e. The third kappa shape index (κ3) is 3.63. The van der Waals surface area contributed by atoms with E-state index in [0.717, 1.165) is 38.6 Å². The molecule has 0 aromatic heterocycles. The summed E-state index contributed by atoms with van der Waals surface area (Å²) in [6, 6.07) is 0.218. The topological polar surface area (TPSA) is 46.3 Å². The Hall–Kier alpha value is -0.830. The Bertz CT molecular complexity index is 240. The first-order valence-electron chi connectivity index (χ1n) is 6.34. The van der Waals surface area contributed by atoms with Crippen LogP contribution in [0.25, 0.3) is 0 Å². The molecule has 1 aliphatic carbocycles. The van der Waals surface area contributed by atoms with Crippen LogP contribution in [0.3, 0.4) is 0 Å². The number of nitrogens with zero attached hydrogens (tertiary/aromatic N) is 1. The third-order valence-corrected chi connectivity index (χ3v) is 3.22. The summed E-state index contributed by atoms with van der Waals surface area (Å²) >= 11 is 0. The van der Waals surface area contributed by atoms with E-state index in [9.17, 15) is 4.79 Å². The Morgan fingerprint density at radius 1 is 1.56 bits per heavy atom. The minimum absolute atomic E-state index is 0.148. The summed E-state index contributed by atoms with van der Waals surface area (Å²) in [5.74, 6) is 0.423. The van der Waals surface area contributed by atoms with Crippen LogP contribution in [0.5, 0.6) is 0 Å². The Morgan fingerprint density at radius 3 is 2.88 bits per heavy atom. The number of carbonyl (C=O) groups is 1. The summed E-state index contributed by atoms with van der Waals surface area (Å²) in [5, 5.41) is 0. The van der Waals surface area contributed by atoms with Crippen LogP contribution >= 0.6 is 0 Å². The second-order valence-electron chi connectivity index (χ2n) is 4.70. The quantitative estimate of drug-likeness (QED) is 0.725. The van der Waals surface area contributed by atoms with Gasteiger partial charge in [-0.2, -0.15) is 0 Å². The van der Waals surface area contributed by atoms with Gasteiger partial charge in [-0.05, 0) is 25.7 Å². The molecular weight excluding hydrogens is 200 g/mol. The van der Waals surface area contributed by atoms with Crippen LogP contribution in [0, 0.1) is 5.92 Å². The molecule has 2 atom stereocenters. The number of carbonyl (C=O) groups excluding carboxylic acids is 1. The van der Waals surface area contributed by atoms with Crippen molar-refractivity contribution in [1.29, 1.82) is 0 Å². The molecule has 1 aliphatic rings. The summed E-state index contributed by atoms with van der Waals surface area (Å²) in [5.41, 5.74) is 5.92. The fourth-order valence-corrected chi connectivity index (χ4v) is 2.43. The van der Waals surface area contributed by atoms with Gasteiger partial charge < -0.3 is 10.6 Å². The number of hydrogen-bond acceptors (Lipinski definition) is 2. The van der Waals surface area contributed by atoms with Crippen molar-refractivity contribution in [3.05, 3.63) is 12.7 Å². The molecule has 0 aromatic carbocycles. The van der Waals surface area contributed by atoms with Crippen LogP contribution in [0.2, 0.25) is 0 Å². The van der Waals surface area contributed by atoms with Gasteiger partial charge in [0.25, 0.3) is 0 Å². The average Bonchev–Trinajstić information content (AvgIpc) is 2.28. The molecule has 0 saturated heterocycles. The second kappa shape index (κ2) is 6.69. The van der Waals surface area contributed by atoms with Crippen molar-refractivity contribution in [2.45, 2.75) is 45.1 Å². The Morgan fingerprint density at radius 2 is 2.31 bits per heavy atom. The zero-order valence-corrected chi connectivity index (χ0v) is 10.3. The molecule has 16 heavy (non-hydrogen) atoms. The molecule has 3 nitrogen and oxygen atoms in total. The van der Waals surface area contributed by atoms with Gasteiger partial charge in [-0.25, -0.2) is 0 Å². The van der Waals surface area contributed by atoms with Crippen molar-refractivity contribution in [3.63, 3.8) is 0 Å². The second-order valence-corrected chi connectivity index (χ2v) is 4.70. The maximum atomic E-state index is 12.2. The lowest BCUT2D eigenvalue weighted by Crippen LogP contribution is -2.41.